The van der Waals surface area contributed by atoms with Crippen LogP contribution in [-0.4, -0.2) is 41.4 Å². The first-order chi connectivity index (χ1) is 8.10. The molecule has 17 heavy (non-hydrogen) atoms. The van der Waals surface area contributed by atoms with Crippen LogP contribution >= 0.6 is 0 Å². The summed E-state index contributed by atoms with van der Waals surface area (Å²) in [5.41, 5.74) is 0.947. The zero-order chi connectivity index (χ0) is 12.4. The van der Waals surface area contributed by atoms with E-state index in [0.717, 1.165) is 24.6 Å². The predicted octanol–water partition coefficient (Wildman–Crippen LogP) is 0.748. The molecule has 0 saturated carbocycles. The van der Waals surface area contributed by atoms with Gasteiger partial charge < -0.3 is 14.7 Å². The molecular formula is C12H19N3O2. The molecular weight excluding hydrogens is 218 g/mol. The maximum atomic E-state index is 9.45. The van der Waals surface area contributed by atoms with Crippen molar-refractivity contribution in [2.45, 2.75) is 26.6 Å². The molecule has 1 fully saturated rings. The smallest absolute Gasteiger partial charge is 0.156 e. The highest BCUT2D eigenvalue weighted by atomic mass is 16.5. The van der Waals surface area contributed by atoms with E-state index in [0.29, 0.717) is 18.3 Å². The summed E-state index contributed by atoms with van der Waals surface area (Å²) in [7, 11) is 1.64. The van der Waals surface area contributed by atoms with E-state index in [1.807, 2.05) is 19.9 Å². The van der Waals surface area contributed by atoms with Gasteiger partial charge in [-0.05, 0) is 13.8 Å². The monoisotopic (exact) mass is 237 g/mol. The Balaban J connectivity index is 2.07. The summed E-state index contributed by atoms with van der Waals surface area (Å²) in [6, 6.07) is 1.97. The van der Waals surface area contributed by atoms with Gasteiger partial charge in [-0.15, -0.1) is 0 Å². The van der Waals surface area contributed by atoms with Crippen molar-refractivity contribution in [3.63, 3.8) is 0 Å². The third-order valence-electron chi connectivity index (χ3n) is 3.08. The number of hydrogen-bond acceptors (Lipinski definition) is 5. The molecule has 2 heterocycles. The Morgan fingerprint density at radius 3 is 2.82 bits per heavy atom. The number of rotatable bonds is 4. The average Bonchev–Trinajstić information content (AvgIpc) is 2.13. The van der Waals surface area contributed by atoms with E-state index in [2.05, 4.69) is 14.9 Å². The predicted molar refractivity (Wildman–Crippen MR) is 64.9 cm³/mol. The zero-order valence-corrected chi connectivity index (χ0v) is 10.6. The second-order valence-electron chi connectivity index (χ2n) is 4.62. The van der Waals surface area contributed by atoms with E-state index in [1.165, 1.54) is 0 Å². The van der Waals surface area contributed by atoms with Gasteiger partial charge in [-0.25, -0.2) is 9.97 Å². The molecule has 2 rings (SSSR count). The molecule has 5 heteroatoms. The lowest BCUT2D eigenvalue weighted by atomic mass is 9.95. The highest BCUT2D eigenvalue weighted by molar-refractivity contribution is 5.42. The molecule has 1 aromatic rings. The zero-order valence-electron chi connectivity index (χ0n) is 10.6. The summed E-state index contributed by atoms with van der Waals surface area (Å²) in [6.45, 7) is 5.95. The molecule has 0 spiro atoms. The molecule has 1 N–H and O–H groups in total. The normalized spacial score (nSPS) is 18.0. The van der Waals surface area contributed by atoms with Crippen molar-refractivity contribution in [2.75, 3.05) is 25.1 Å². The van der Waals surface area contributed by atoms with E-state index >= 15 is 0 Å². The molecule has 0 bridgehead atoms. The van der Waals surface area contributed by atoms with Gasteiger partial charge in [0.05, 0.1) is 6.10 Å². The van der Waals surface area contributed by atoms with E-state index in [1.54, 1.807) is 7.11 Å². The quantitative estimate of drug-likeness (QED) is 0.837. The third-order valence-corrected chi connectivity index (χ3v) is 3.08. The lowest BCUT2D eigenvalue weighted by Gasteiger charge is -2.41. The van der Waals surface area contributed by atoms with Gasteiger partial charge in [0.1, 0.15) is 12.4 Å². The van der Waals surface area contributed by atoms with Crippen LogP contribution in [0.4, 0.5) is 5.82 Å². The topological polar surface area (TPSA) is 58.5 Å². The fraction of sp³-hybridized carbons (Fsp3) is 0.667. The first kappa shape index (κ1) is 12.3. The lowest BCUT2D eigenvalue weighted by Crippen LogP contribution is -2.51. The number of aliphatic hydroxyl groups is 1. The van der Waals surface area contributed by atoms with Crippen molar-refractivity contribution in [1.82, 2.24) is 9.97 Å². The summed E-state index contributed by atoms with van der Waals surface area (Å²) in [4.78, 5) is 10.9. The van der Waals surface area contributed by atoms with Gasteiger partial charge in [0.2, 0.25) is 0 Å². The second kappa shape index (κ2) is 4.98. The first-order valence-electron chi connectivity index (χ1n) is 5.86. The average molecular weight is 237 g/mol. The van der Waals surface area contributed by atoms with Gasteiger partial charge in [0.25, 0.3) is 0 Å². The number of ether oxygens (including phenoxy) is 1. The van der Waals surface area contributed by atoms with Crippen LogP contribution in [0.3, 0.4) is 0 Å². The minimum absolute atomic E-state index is 0.243. The van der Waals surface area contributed by atoms with Gasteiger partial charge in [-0.3, -0.25) is 0 Å². The number of nitrogens with zero attached hydrogens (tertiary/aromatic N) is 3. The van der Waals surface area contributed by atoms with Crippen molar-refractivity contribution in [1.29, 1.82) is 0 Å². The number of aliphatic hydroxyl groups excluding tert-OH is 1. The Hall–Kier alpha value is -1.20. The molecule has 1 saturated heterocycles. The van der Waals surface area contributed by atoms with Crippen molar-refractivity contribution < 1.29 is 9.84 Å². The standard InChI is InChI=1S/C12H19N3O2/c1-8-4-12(14-11(13-8)7-17-3)15-5-10(6-15)9(2)16/h4,9-10,16H,5-7H2,1-3H3. The fourth-order valence-electron chi connectivity index (χ4n) is 1.97. The van der Waals surface area contributed by atoms with E-state index in [9.17, 15) is 5.11 Å². The van der Waals surface area contributed by atoms with Crippen LogP contribution < -0.4 is 4.90 Å². The van der Waals surface area contributed by atoms with Crippen molar-refractivity contribution in [3.05, 3.63) is 17.6 Å². The van der Waals surface area contributed by atoms with Crippen LogP contribution in [0.15, 0.2) is 6.07 Å². The number of methoxy groups -OCH3 is 1. The summed E-state index contributed by atoms with van der Waals surface area (Å²) < 4.78 is 5.05. The van der Waals surface area contributed by atoms with Gasteiger partial charge >= 0.3 is 0 Å². The third kappa shape index (κ3) is 2.73. The number of aromatic nitrogens is 2. The Kier molecular flexibility index (Phi) is 3.59. The minimum atomic E-state index is -0.243. The highest BCUT2D eigenvalue weighted by Gasteiger charge is 2.31. The van der Waals surface area contributed by atoms with E-state index in [-0.39, 0.29) is 6.10 Å². The first-order valence-corrected chi connectivity index (χ1v) is 5.86. The van der Waals surface area contributed by atoms with Crippen molar-refractivity contribution >= 4 is 5.82 Å². The Morgan fingerprint density at radius 2 is 2.24 bits per heavy atom. The molecule has 0 aliphatic carbocycles. The Morgan fingerprint density at radius 1 is 1.53 bits per heavy atom. The maximum absolute atomic E-state index is 9.45. The Bertz CT molecular complexity index is 389. The van der Waals surface area contributed by atoms with Gasteiger partial charge in [0.15, 0.2) is 5.82 Å². The van der Waals surface area contributed by atoms with Crippen LogP contribution in [0.1, 0.15) is 18.4 Å². The molecule has 1 aliphatic heterocycles. The van der Waals surface area contributed by atoms with Gasteiger partial charge in [0, 0.05) is 37.9 Å². The molecule has 94 valence electrons. The largest absolute Gasteiger partial charge is 0.393 e. The van der Waals surface area contributed by atoms with E-state index in [4.69, 9.17) is 4.74 Å². The molecule has 1 atom stereocenters. The number of anilines is 1. The van der Waals surface area contributed by atoms with Crippen molar-refractivity contribution in [3.8, 4) is 0 Å². The fourth-order valence-corrected chi connectivity index (χ4v) is 1.97. The molecule has 1 aromatic heterocycles. The van der Waals surface area contributed by atoms with Crippen LogP contribution in [0.2, 0.25) is 0 Å². The van der Waals surface area contributed by atoms with Crippen LogP contribution in [0.25, 0.3) is 0 Å². The molecule has 1 aliphatic rings. The Labute approximate surface area is 101 Å². The second-order valence-corrected chi connectivity index (χ2v) is 4.62. The molecule has 1 unspecified atom stereocenters. The van der Waals surface area contributed by atoms with E-state index < -0.39 is 0 Å². The number of hydrogen-bond donors (Lipinski definition) is 1. The van der Waals surface area contributed by atoms with Crippen LogP contribution in [0.5, 0.6) is 0 Å². The number of aryl methyl sites for hydroxylation is 1. The summed E-state index contributed by atoms with van der Waals surface area (Å²) in [5, 5.41) is 9.45. The van der Waals surface area contributed by atoms with Crippen molar-refractivity contribution in [2.24, 2.45) is 5.92 Å². The molecule has 0 aromatic carbocycles. The highest BCUT2D eigenvalue weighted by Crippen LogP contribution is 2.25. The van der Waals surface area contributed by atoms with Crippen LogP contribution in [0, 0.1) is 12.8 Å². The minimum Gasteiger partial charge on any atom is -0.393 e. The molecule has 0 amide bonds. The molecule has 0 radical (unpaired) electrons. The SMILES string of the molecule is COCc1nc(C)cc(N2CC(C(C)O)C2)n1. The lowest BCUT2D eigenvalue weighted by molar-refractivity contribution is 0.107. The van der Waals surface area contributed by atoms with Gasteiger partial charge in [-0.2, -0.15) is 0 Å². The summed E-state index contributed by atoms with van der Waals surface area (Å²) in [6.07, 6.45) is -0.243. The van der Waals surface area contributed by atoms with Crippen LogP contribution in [-0.2, 0) is 11.3 Å². The summed E-state index contributed by atoms with van der Waals surface area (Å²) in [5.74, 6) is 2.00. The van der Waals surface area contributed by atoms with Gasteiger partial charge in [-0.1, -0.05) is 0 Å². The summed E-state index contributed by atoms with van der Waals surface area (Å²) >= 11 is 0. The maximum Gasteiger partial charge on any atom is 0.156 e. The molecule has 5 nitrogen and oxygen atoms in total.